The van der Waals surface area contributed by atoms with Gasteiger partial charge >= 0.3 is 0 Å². The molecule has 1 aromatic carbocycles. The van der Waals surface area contributed by atoms with E-state index in [9.17, 15) is 4.79 Å². The maximum absolute atomic E-state index is 12.3. The average molecular weight is 375 g/mol. The van der Waals surface area contributed by atoms with Gasteiger partial charge < -0.3 is 10.2 Å². The molecule has 0 fully saturated rings. The van der Waals surface area contributed by atoms with E-state index in [0.717, 1.165) is 53.3 Å². The van der Waals surface area contributed by atoms with Crippen LogP contribution >= 0.6 is 0 Å². The lowest BCUT2D eigenvalue weighted by atomic mass is 9.94. The minimum atomic E-state index is -0.0360. The smallest absolute Gasteiger partial charge is 0.251 e. The van der Waals surface area contributed by atoms with E-state index in [1.54, 1.807) is 7.05 Å². The van der Waals surface area contributed by atoms with Crippen LogP contribution in [0.2, 0.25) is 0 Å². The Balaban J connectivity index is 1.63. The monoisotopic (exact) mass is 375 g/mol. The van der Waals surface area contributed by atoms with Crippen molar-refractivity contribution in [3.63, 3.8) is 0 Å². The van der Waals surface area contributed by atoms with Crippen LogP contribution in [0.25, 0.3) is 11.1 Å². The molecular formula is C22H25N5O. The minimum Gasteiger partial charge on any atom is -0.355 e. The SMILES string of the molecule is CCn1cc(-c2ccc(N3CCc4cccc(C(=O)NC)c4C3)nc2C)cn1. The van der Waals surface area contributed by atoms with Gasteiger partial charge in [0.1, 0.15) is 5.82 Å². The van der Waals surface area contributed by atoms with Crippen molar-refractivity contribution in [2.24, 2.45) is 0 Å². The van der Waals surface area contributed by atoms with E-state index in [1.165, 1.54) is 5.56 Å². The van der Waals surface area contributed by atoms with Crippen molar-refractivity contribution in [2.45, 2.75) is 33.4 Å². The van der Waals surface area contributed by atoms with E-state index in [1.807, 2.05) is 29.9 Å². The Kier molecular flexibility index (Phi) is 4.86. The third-order valence-corrected chi connectivity index (χ3v) is 5.41. The van der Waals surface area contributed by atoms with Crippen molar-refractivity contribution in [1.29, 1.82) is 0 Å². The molecule has 0 aliphatic carbocycles. The van der Waals surface area contributed by atoms with E-state index < -0.39 is 0 Å². The highest BCUT2D eigenvalue weighted by Crippen LogP contribution is 2.29. The van der Waals surface area contributed by atoms with Gasteiger partial charge in [-0.3, -0.25) is 9.48 Å². The number of hydrogen-bond acceptors (Lipinski definition) is 4. The molecule has 0 saturated heterocycles. The Morgan fingerprint density at radius 2 is 2.11 bits per heavy atom. The van der Waals surface area contributed by atoms with E-state index in [0.29, 0.717) is 6.54 Å². The molecular weight excluding hydrogens is 350 g/mol. The van der Waals surface area contributed by atoms with Crippen molar-refractivity contribution in [3.05, 3.63) is 65.1 Å². The first-order chi connectivity index (χ1) is 13.6. The number of carbonyl (C=O) groups excluding carboxylic acids is 1. The molecule has 0 bridgehead atoms. The fourth-order valence-electron chi connectivity index (χ4n) is 3.83. The van der Waals surface area contributed by atoms with Crippen LogP contribution in [-0.2, 0) is 19.5 Å². The van der Waals surface area contributed by atoms with Crippen molar-refractivity contribution in [1.82, 2.24) is 20.1 Å². The first-order valence-corrected chi connectivity index (χ1v) is 9.69. The zero-order valence-corrected chi connectivity index (χ0v) is 16.6. The van der Waals surface area contributed by atoms with Crippen LogP contribution in [0.3, 0.4) is 0 Å². The molecule has 3 heterocycles. The maximum atomic E-state index is 12.3. The Morgan fingerprint density at radius 3 is 2.82 bits per heavy atom. The molecule has 1 aliphatic heterocycles. The van der Waals surface area contributed by atoms with Crippen LogP contribution in [0.4, 0.5) is 5.82 Å². The summed E-state index contributed by atoms with van der Waals surface area (Å²) in [7, 11) is 1.67. The number of anilines is 1. The predicted octanol–water partition coefficient (Wildman–Crippen LogP) is 3.20. The number of nitrogens with zero attached hydrogens (tertiary/aromatic N) is 4. The number of fused-ring (bicyclic) bond motifs is 1. The highest BCUT2D eigenvalue weighted by atomic mass is 16.1. The van der Waals surface area contributed by atoms with Gasteiger partial charge in [0.25, 0.3) is 5.91 Å². The van der Waals surface area contributed by atoms with Gasteiger partial charge in [-0.05, 0) is 49.6 Å². The lowest BCUT2D eigenvalue weighted by Gasteiger charge is -2.31. The first kappa shape index (κ1) is 18.2. The summed E-state index contributed by atoms with van der Waals surface area (Å²) in [5, 5.41) is 7.11. The molecule has 0 spiro atoms. The fraction of sp³-hybridized carbons (Fsp3) is 0.318. The highest BCUT2D eigenvalue weighted by molar-refractivity contribution is 5.96. The van der Waals surface area contributed by atoms with Crippen LogP contribution in [0, 0.1) is 6.92 Å². The summed E-state index contributed by atoms with van der Waals surface area (Å²) < 4.78 is 1.92. The minimum absolute atomic E-state index is 0.0360. The molecule has 28 heavy (non-hydrogen) atoms. The number of hydrogen-bond donors (Lipinski definition) is 1. The topological polar surface area (TPSA) is 63.1 Å². The number of carbonyl (C=O) groups is 1. The van der Waals surface area contributed by atoms with Gasteiger partial charge in [0.15, 0.2) is 0 Å². The molecule has 144 valence electrons. The van der Waals surface area contributed by atoms with Crippen molar-refractivity contribution in [3.8, 4) is 11.1 Å². The normalized spacial score (nSPS) is 13.3. The molecule has 6 heteroatoms. The van der Waals surface area contributed by atoms with Crippen molar-refractivity contribution < 1.29 is 4.79 Å². The van der Waals surface area contributed by atoms with Gasteiger partial charge in [-0.1, -0.05) is 12.1 Å². The second-order valence-corrected chi connectivity index (χ2v) is 7.08. The van der Waals surface area contributed by atoms with Gasteiger partial charge in [-0.2, -0.15) is 5.10 Å². The number of aromatic nitrogens is 3. The lowest BCUT2D eigenvalue weighted by Crippen LogP contribution is -2.33. The number of rotatable bonds is 4. The summed E-state index contributed by atoms with van der Waals surface area (Å²) >= 11 is 0. The number of benzene rings is 1. The summed E-state index contributed by atoms with van der Waals surface area (Å²) in [6.07, 6.45) is 4.85. The summed E-state index contributed by atoms with van der Waals surface area (Å²) in [4.78, 5) is 19.4. The van der Waals surface area contributed by atoms with Crippen LogP contribution in [0.15, 0.2) is 42.7 Å². The van der Waals surface area contributed by atoms with E-state index in [2.05, 4.69) is 46.6 Å². The Morgan fingerprint density at radius 1 is 1.25 bits per heavy atom. The molecule has 1 N–H and O–H groups in total. The van der Waals surface area contributed by atoms with Gasteiger partial charge in [0.2, 0.25) is 0 Å². The molecule has 0 radical (unpaired) electrons. The predicted molar refractivity (Wildman–Crippen MR) is 110 cm³/mol. The van der Waals surface area contributed by atoms with E-state index in [-0.39, 0.29) is 5.91 Å². The molecule has 3 aromatic rings. The quantitative estimate of drug-likeness (QED) is 0.761. The maximum Gasteiger partial charge on any atom is 0.251 e. The molecule has 0 atom stereocenters. The van der Waals surface area contributed by atoms with E-state index >= 15 is 0 Å². The molecule has 0 unspecified atom stereocenters. The Labute approximate surface area is 165 Å². The second-order valence-electron chi connectivity index (χ2n) is 7.08. The van der Waals surface area contributed by atoms with Crippen LogP contribution in [0.5, 0.6) is 0 Å². The second kappa shape index (κ2) is 7.46. The summed E-state index contributed by atoms with van der Waals surface area (Å²) in [6, 6.07) is 10.2. The average Bonchev–Trinajstić information content (AvgIpc) is 3.21. The van der Waals surface area contributed by atoms with Gasteiger partial charge in [-0.15, -0.1) is 0 Å². The zero-order chi connectivity index (χ0) is 19.7. The third kappa shape index (κ3) is 3.26. The number of pyridine rings is 1. The standard InChI is InChI=1S/C22H25N5O/c1-4-27-13-17(12-24-27)18-8-9-21(25-15(18)2)26-11-10-16-6-5-7-19(20(16)14-26)22(28)23-3/h5-9,12-13H,4,10-11,14H2,1-3H3,(H,23,28). The number of aryl methyl sites for hydroxylation is 2. The fourth-order valence-corrected chi connectivity index (χ4v) is 3.83. The first-order valence-electron chi connectivity index (χ1n) is 9.69. The van der Waals surface area contributed by atoms with Crippen molar-refractivity contribution >= 4 is 11.7 Å². The van der Waals surface area contributed by atoms with Crippen LogP contribution in [-0.4, -0.2) is 34.3 Å². The number of nitrogens with one attached hydrogen (secondary N) is 1. The third-order valence-electron chi connectivity index (χ3n) is 5.41. The van der Waals surface area contributed by atoms with Gasteiger partial charge in [0, 0.05) is 55.3 Å². The summed E-state index contributed by atoms with van der Waals surface area (Å²) in [5.41, 5.74) is 6.28. The van der Waals surface area contributed by atoms with Crippen LogP contribution < -0.4 is 10.2 Å². The lowest BCUT2D eigenvalue weighted by molar-refractivity contribution is 0.0962. The van der Waals surface area contributed by atoms with Crippen molar-refractivity contribution in [2.75, 3.05) is 18.5 Å². The van der Waals surface area contributed by atoms with Gasteiger partial charge in [-0.25, -0.2) is 4.98 Å². The summed E-state index contributed by atoms with van der Waals surface area (Å²) in [5.74, 6) is 0.910. The molecule has 4 rings (SSSR count). The van der Waals surface area contributed by atoms with Gasteiger partial charge in [0.05, 0.1) is 6.20 Å². The molecule has 2 aromatic heterocycles. The Hall–Kier alpha value is -3.15. The highest BCUT2D eigenvalue weighted by Gasteiger charge is 2.22. The molecule has 6 nitrogen and oxygen atoms in total. The molecule has 1 amide bonds. The Bertz CT molecular complexity index is 1020. The summed E-state index contributed by atoms with van der Waals surface area (Å²) in [6.45, 7) is 6.55. The molecule has 1 aliphatic rings. The van der Waals surface area contributed by atoms with E-state index in [4.69, 9.17) is 4.98 Å². The molecule has 0 saturated carbocycles. The largest absolute Gasteiger partial charge is 0.355 e. The van der Waals surface area contributed by atoms with Crippen LogP contribution in [0.1, 0.15) is 34.1 Å². The number of amides is 1. The zero-order valence-electron chi connectivity index (χ0n) is 16.6.